The van der Waals surface area contributed by atoms with Crippen molar-refractivity contribution in [3.05, 3.63) is 38.9 Å². The molecule has 1 aliphatic heterocycles. The van der Waals surface area contributed by atoms with Gasteiger partial charge in [-0.3, -0.25) is 9.36 Å². The molecule has 2 aromatic rings. The maximum absolute atomic E-state index is 12.3. The average molecular weight is 324 g/mol. The van der Waals surface area contributed by atoms with E-state index in [1.807, 2.05) is 12.1 Å². The molecular weight excluding hydrogens is 310 g/mol. The van der Waals surface area contributed by atoms with E-state index in [0.29, 0.717) is 29.9 Å². The monoisotopic (exact) mass is 323 g/mol. The molecule has 0 radical (unpaired) electrons. The predicted molar refractivity (Wildman–Crippen MR) is 76.2 cm³/mol. The van der Waals surface area contributed by atoms with Gasteiger partial charge in [0.25, 0.3) is 5.56 Å². The van der Waals surface area contributed by atoms with E-state index >= 15 is 0 Å². The first-order valence-electron chi connectivity index (χ1n) is 6.15. The van der Waals surface area contributed by atoms with Crippen molar-refractivity contribution in [2.24, 2.45) is 7.05 Å². The van der Waals surface area contributed by atoms with Crippen LogP contribution in [0.3, 0.4) is 0 Å². The normalized spacial score (nSPS) is 19.8. The lowest BCUT2D eigenvalue weighted by atomic mass is 10.2. The van der Waals surface area contributed by atoms with E-state index in [1.54, 1.807) is 17.7 Å². The first-order chi connectivity index (χ1) is 9.16. The Kier molecular flexibility index (Phi) is 3.38. The molecule has 1 unspecified atom stereocenters. The molecule has 1 aliphatic rings. The van der Waals surface area contributed by atoms with E-state index in [9.17, 15) is 4.79 Å². The molecule has 1 fully saturated rings. The number of aromatic nitrogens is 2. The maximum atomic E-state index is 12.3. The lowest BCUT2D eigenvalue weighted by molar-refractivity contribution is 0.0199. The van der Waals surface area contributed by atoms with E-state index in [1.165, 1.54) is 0 Å². The lowest BCUT2D eigenvalue weighted by Gasteiger charge is -2.24. The molecule has 100 valence electrons. The fraction of sp³-hybridized carbons (Fsp3) is 0.385. The molecule has 0 saturated carbocycles. The van der Waals surface area contributed by atoms with E-state index < -0.39 is 0 Å². The van der Waals surface area contributed by atoms with Crippen LogP contribution in [-0.2, 0) is 11.8 Å². The number of nitrogens with zero attached hydrogens (tertiary/aromatic N) is 2. The summed E-state index contributed by atoms with van der Waals surface area (Å²) in [5.41, 5.74) is 0.656. The number of benzene rings is 1. The van der Waals surface area contributed by atoms with Crippen molar-refractivity contribution in [1.29, 1.82) is 0 Å². The Morgan fingerprint density at radius 1 is 1.53 bits per heavy atom. The van der Waals surface area contributed by atoms with Crippen LogP contribution in [0.25, 0.3) is 10.9 Å². The van der Waals surface area contributed by atoms with Crippen LogP contribution in [-0.4, -0.2) is 29.2 Å². The average Bonchev–Trinajstić information content (AvgIpc) is 2.43. The van der Waals surface area contributed by atoms with E-state index in [0.717, 1.165) is 11.0 Å². The quantitative estimate of drug-likeness (QED) is 0.861. The van der Waals surface area contributed by atoms with E-state index in [2.05, 4.69) is 26.2 Å². The Balaban J connectivity index is 2.19. The van der Waals surface area contributed by atoms with Crippen LogP contribution < -0.4 is 10.9 Å². The highest BCUT2D eigenvalue weighted by atomic mass is 79.9. The molecule has 0 bridgehead atoms. The smallest absolute Gasteiger partial charge is 0.261 e. The summed E-state index contributed by atoms with van der Waals surface area (Å²) in [5, 5.41) is 3.87. The summed E-state index contributed by atoms with van der Waals surface area (Å²) in [5.74, 6) is 0.669. The van der Waals surface area contributed by atoms with Crippen LogP contribution in [0, 0.1) is 0 Å². The van der Waals surface area contributed by atoms with Gasteiger partial charge < -0.3 is 10.1 Å². The van der Waals surface area contributed by atoms with Crippen LogP contribution in [0.15, 0.2) is 27.5 Å². The van der Waals surface area contributed by atoms with Gasteiger partial charge in [0.05, 0.1) is 17.5 Å². The Hall–Kier alpha value is -1.24. The van der Waals surface area contributed by atoms with Gasteiger partial charge in [-0.2, -0.15) is 0 Å². The van der Waals surface area contributed by atoms with Crippen molar-refractivity contribution >= 4 is 26.8 Å². The summed E-state index contributed by atoms with van der Waals surface area (Å²) in [6.07, 6.45) is -0.171. The molecule has 1 aromatic heterocycles. The van der Waals surface area contributed by atoms with Gasteiger partial charge in [0.15, 0.2) is 0 Å². The summed E-state index contributed by atoms with van der Waals surface area (Å²) >= 11 is 3.40. The first-order valence-corrected chi connectivity index (χ1v) is 6.94. The third-order valence-electron chi connectivity index (χ3n) is 3.29. The number of hydrogen-bond acceptors (Lipinski definition) is 4. The fourth-order valence-corrected chi connectivity index (χ4v) is 2.63. The largest absolute Gasteiger partial charge is 0.368 e. The lowest BCUT2D eigenvalue weighted by Crippen LogP contribution is -2.37. The first kappa shape index (κ1) is 12.8. The van der Waals surface area contributed by atoms with E-state index in [4.69, 9.17) is 4.74 Å². The van der Waals surface area contributed by atoms with Crippen LogP contribution in [0.1, 0.15) is 11.9 Å². The van der Waals surface area contributed by atoms with Crippen molar-refractivity contribution in [1.82, 2.24) is 14.9 Å². The summed E-state index contributed by atoms with van der Waals surface area (Å²) < 4.78 is 8.17. The van der Waals surface area contributed by atoms with Gasteiger partial charge in [0, 0.05) is 24.6 Å². The van der Waals surface area contributed by atoms with E-state index in [-0.39, 0.29) is 11.7 Å². The zero-order valence-corrected chi connectivity index (χ0v) is 12.1. The van der Waals surface area contributed by atoms with Gasteiger partial charge in [-0.05, 0) is 18.2 Å². The number of halogens is 1. The van der Waals surface area contributed by atoms with Crippen LogP contribution >= 0.6 is 15.9 Å². The zero-order chi connectivity index (χ0) is 13.4. The van der Waals surface area contributed by atoms with Gasteiger partial charge in [-0.15, -0.1) is 0 Å². The third-order valence-corrected chi connectivity index (χ3v) is 3.78. The van der Waals surface area contributed by atoms with Gasteiger partial charge in [0.1, 0.15) is 11.9 Å². The number of nitrogens with one attached hydrogen (secondary N) is 1. The number of rotatable bonds is 1. The minimum absolute atomic E-state index is 0.0401. The van der Waals surface area contributed by atoms with Crippen molar-refractivity contribution in [2.45, 2.75) is 6.10 Å². The van der Waals surface area contributed by atoms with Crippen molar-refractivity contribution < 1.29 is 4.74 Å². The van der Waals surface area contributed by atoms with Crippen LogP contribution in [0.5, 0.6) is 0 Å². The maximum Gasteiger partial charge on any atom is 0.261 e. The molecule has 1 aromatic carbocycles. The van der Waals surface area contributed by atoms with Crippen molar-refractivity contribution in [2.75, 3.05) is 19.7 Å². The molecule has 3 rings (SSSR count). The molecule has 1 N–H and O–H groups in total. The molecule has 5 nitrogen and oxygen atoms in total. The Bertz CT molecular complexity index is 677. The molecule has 1 atom stereocenters. The summed E-state index contributed by atoms with van der Waals surface area (Å²) in [6.45, 7) is 2.15. The van der Waals surface area contributed by atoms with Crippen molar-refractivity contribution in [3.63, 3.8) is 0 Å². The molecule has 0 aliphatic carbocycles. The zero-order valence-electron chi connectivity index (χ0n) is 10.5. The van der Waals surface area contributed by atoms with Gasteiger partial charge in [0.2, 0.25) is 0 Å². The highest BCUT2D eigenvalue weighted by Crippen LogP contribution is 2.20. The van der Waals surface area contributed by atoms with Gasteiger partial charge >= 0.3 is 0 Å². The minimum Gasteiger partial charge on any atom is -0.368 e. The molecule has 0 spiro atoms. The van der Waals surface area contributed by atoms with Gasteiger partial charge in [-0.25, -0.2) is 4.98 Å². The number of morpholine rings is 1. The van der Waals surface area contributed by atoms with Crippen LogP contribution in [0.4, 0.5) is 0 Å². The second-order valence-electron chi connectivity index (χ2n) is 4.56. The summed E-state index contributed by atoms with van der Waals surface area (Å²) in [6, 6.07) is 5.50. The molecule has 6 heteroatoms. The Morgan fingerprint density at radius 3 is 3.11 bits per heavy atom. The summed E-state index contributed by atoms with van der Waals surface area (Å²) in [7, 11) is 1.74. The second kappa shape index (κ2) is 5.03. The molecule has 19 heavy (non-hydrogen) atoms. The molecule has 0 amide bonds. The standard InChI is InChI=1S/C13H14BrN3O2/c1-17-12(11-7-15-4-5-19-11)16-10-6-8(14)2-3-9(10)13(17)18/h2-3,6,11,15H,4-5,7H2,1H3. The number of hydrogen-bond donors (Lipinski definition) is 1. The molecule has 2 heterocycles. The fourth-order valence-electron chi connectivity index (χ4n) is 2.28. The Morgan fingerprint density at radius 2 is 2.37 bits per heavy atom. The third kappa shape index (κ3) is 2.31. The predicted octanol–water partition coefficient (Wildman–Crippen LogP) is 1.36. The summed E-state index contributed by atoms with van der Waals surface area (Å²) in [4.78, 5) is 16.9. The minimum atomic E-state index is -0.171. The Labute approximate surface area is 118 Å². The highest BCUT2D eigenvalue weighted by Gasteiger charge is 2.21. The number of fused-ring (bicyclic) bond motifs is 1. The van der Waals surface area contributed by atoms with Crippen LogP contribution in [0.2, 0.25) is 0 Å². The SMILES string of the molecule is Cn1c(C2CNCCO2)nc2cc(Br)ccc2c1=O. The van der Waals surface area contributed by atoms with Crippen molar-refractivity contribution in [3.8, 4) is 0 Å². The second-order valence-corrected chi connectivity index (χ2v) is 5.47. The molecule has 1 saturated heterocycles. The topological polar surface area (TPSA) is 56.1 Å². The molecular formula is C13H14BrN3O2. The highest BCUT2D eigenvalue weighted by molar-refractivity contribution is 9.10. The number of ether oxygens (including phenoxy) is 1. The van der Waals surface area contributed by atoms with Gasteiger partial charge in [-0.1, -0.05) is 15.9 Å².